The molecule has 2 rings (SSSR count). The molecule has 0 radical (unpaired) electrons. The Bertz CT molecular complexity index is 605. The van der Waals surface area contributed by atoms with Gasteiger partial charge in [-0.2, -0.15) is 17.8 Å². The maximum atomic E-state index is 12.8. The Morgan fingerprint density at radius 2 is 2.00 bits per heavy atom. The van der Waals surface area contributed by atoms with Crippen molar-refractivity contribution in [3.8, 4) is 0 Å². The molecule has 0 aromatic carbocycles. The zero-order valence-corrected chi connectivity index (χ0v) is 12.1. The minimum Gasteiger partial charge on any atom is -0.348 e. The maximum Gasteiger partial charge on any atom is 0.374 e. The van der Waals surface area contributed by atoms with Crippen molar-refractivity contribution in [3.63, 3.8) is 0 Å². The average molecular weight is 304 g/mol. The first-order valence-corrected chi connectivity index (χ1v) is 7.65. The molecule has 0 spiro atoms. The summed E-state index contributed by atoms with van der Waals surface area (Å²) in [4.78, 5) is 12.0. The largest absolute Gasteiger partial charge is 0.374 e. The molecule has 1 fully saturated rings. The van der Waals surface area contributed by atoms with Gasteiger partial charge in [-0.15, -0.1) is 0 Å². The molecule has 1 aliphatic heterocycles. The van der Waals surface area contributed by atoms with Crippen LogP contribution in [0.3, 0.4) is 0 Å². The number of nitrogens with zero attached hydrogens (tertiary/aromatic N) is 2. The fourth-order valence-electron chi connectivity index (χ4n) is 2.18. The lowest BCUT2D eigenvalue weighted by molar-refractivity contribution is 0.0918. The first-order valence-electron chi connectivity index (χ1n) is 6.31. The van der Waals surface area contributed by atoms with Gasteiger partial charge in [0.1, 0.15) is 0 Å². The molecule has 2 heterocycles. The number of carbonyl (C=O) groups is 1. The number of piperidine rings is 1. The number of aryl methyl sites for hydroxylation is 1. The SMILES string of the molecule is Cc1[nH]nc(C(=O)NC2CCN(S(=O)(=O)F)CC2)c1C. The van der Waals surface area contributed by atoms with Gasteiger partial charge in [0.15, 0.2) is 5.69 Å². The number of hydrogen-bond acceptors (Lipinski definition) is 4. The van der Waals surface area contributed by atoms with E-state index in [-0.39, 0.29) is 25.0 Å². The number of carbonyl (C=O) groups excluding carboxylic acids is 1. The average Bonchev–Trinajstić information content (AvgIpc) is 2.69. The Morgan fingerprint density at radius 3 is 2.45 bits per heavy atom. The van der Waals surface area contributed by atoms with Crippen molar-refractivity contribution >= 4 is 16.3 Å². The van der Waals surface area contributed by atoms with E-state index in [1.54, 1.807) is 6.92 Å². The summed E-state index contributed by atoms with van der Waals surface area (Å²) < 4.78 is 35.0. The second kappa shape index (κ2) is 5.49. The molecule has 0 unspecified atom stereocenters. The molecule has 112 valence electrons. The molecule has 0 bridgehead atoms. The summed E-state index contributed by atoms with van der Waals surface area (Å²) >= 11 is 0. The van der Waals surface area contributed by atoms with Gasteiger partial charge in [-0.1, -0.05) is 3.89 Å². The highest BCUT2D eigenvalue weighted by atomic mass is 32.3. The summed E-state index contributed by atoms with van der Waals surface area (Å²) in [6.07, 6.45) is 0.773. The molecule has 1 saturated heterocycles. The number of aromatic nitrogens is 2. The molecule has 0 aliphatic carbocycles. The number of hydrogen-bond donors (Lipinski definition) is 2. The first kappa shape index (κ1) is 14.9. The summed E-state index contributed by atoms with van der Waals surface area (Å²) in [5.41, 5.74) is 1.95. The van der Waals surface area contributed by atoms with Gasteiger partial charge in [-0.25, -0.2) is 0 Å². The Morgan fingerprint density at radius 1 is 1.40 bits per heavy atom. The van der Waals surface area contributed by atoms with Crippen LogP contribution in [0.4, 0.5) is 3.89 Å². The third-order valence-electron chi connectivity index (χ3n) is 3.57. The molecular formula is C11H17FN4O3S. The van der Waals surface area contributed by atoms with Crippen LogP contribution in [0, 0.1) is 13.8 Å². The van der Waals surface area contributed by atoms with Crippen LogP contribution in [-0.2, 0) is 10.4 Å². The number of nitrogens with one attached hydrogen (secondary N) is 2. The highest BCUT2D eigenvalue weighted by molar-refractivity contribution is 7.83. The lowest BCUT2D eigenvalue weighted by Crippen LogP contribution is -2.45. The number of amides is 1. The molecule has 1 amide bonds. The van der Waals surface area contributed by atoms with Gasteiger partial charge in [-0.3, -0.25) is 9.89 Å². The molecule has 0 atom stereocenters. The van der Waals surface area contributed by atoms with E-state index >= 15 is 0 Å². The third-order valence-corrected chi connectivity index (χ3v) is 4.55. The van der Waals surface area contributed by atoms with Crippen molar-refractivity contribution in [1.82, 2.24) is 19.8 Å². The number of rotatable bonds is 3. The van der Waals surface area contributed by atoms with E-state index in [2.05, 4.69) is 15.5 Å². The van der Waals surface area contributed by atoms with E-state index < -0.39 is 10.4 Å². The van der Waals surface area contributed by atoms with Crippen LogP contribution in [0.2, 0.25) is 0 Å². The maximum absolute atomic E-state index is 12.8. The molecule has 9 heteroatoms. The van der Waals surface area contributed by atoms with Crippen LogP contribution >= 0.6 is 0 Å². The Hall–Kier alpha value is -1.48. The second-order valence-corrected chi connectivity index (χ2v) is 6.25. The van der Waals surface area contributed by atoms with Crippen molar-refractivity contribution in [2.75, 3.05) is 13.1 Å². The standard InChI is InChI=1S/C11H17FN4O3S/c1-7-8(2)14-15-10(7)11(17)13-9-3-5-16(6-4-9)20(12,18)19/h9H,3-6H2,1-2H3,(H,13,17)(H,14,15). The quantitative estimate of drug-likeness (QED) is 0.792. The zero-order valence-electron chi connectivity index (χ0n) is 11.3. The van der Waals surface area contributed by atoms with Crippen LogP contribution in [0.15, 0.2) is 0 Å². The second-order valence-electron chi connectivity index (χ2n) is 4.91. The number of H-pyrrole nitrogens is 1. The van der Waals surface area contributed by atoms with Gasteiger partial charge < -0.3 is 5.32 Å². The summed E-state index contributed by atoms with van der Waals surface area (Å²) in [7, 11) is -4.63. The molecule has 2 N–H and O–H groups in total. The van der Waals surface area contributed by atoms with Crippen LogP contribution in [0.1, 0.15) is 34.6 Å². The van der Waals surface area contributed by atoms with E-state index in [1.165, 1.54) is 0 Å². The highest BCUT2D eigenvalue weighted by Crippen LogP contribution is 2.16. The van der Waals surface area contributed by atoms with Gasteiger partial charge in [0.25, 0.3) is 5.91 Å². The zero-order chi connectivity index (χ0) is 14.9. The lowest BCUT2D eigenvalue weighted by Gasteiger charge is -2.28. The van der Waals surface area contributed by atoms with Gasteiger partial charge in [0.2, 0.25) is 0 Å². The van der Waals surface area contributed by atoms with E-state index in [4.69, 9.17) is 0 Å². The van der Waals surface area contributed by atoms with Crippen molar-refractivity contribution in [2.45, 2.75) is 32.7 Å². The van der Waals surface area contributed by atoms with Gasteiger partial charge in [0, 0.05) is 30.4 Å². The lowest BCUT2D eigenvalue weighted by atomic mass is 10.1. The van der Waals surface area contributed by atoms with Crippen LogP contribution in [0.25, 0.3) is 0 Å². The van der Waals surface area contributed by atoms with Crippen molar-refractivity contribution in [2.24, 2.45) is 0 Å². The molecule has 1 aliphatic rings. The van der Waals surface area contributed by atoms with E-state index in [0.29, 0.717) is 18.5 Å². The Balaban J connectivity index is 1.93. The topological polar surface area (TPSA) is 95.2 Å². The minimum atomic E-state index is -4.63. The summed E-state index contributed by atoms with van der Waals surface area (Å²) in [6, 6.07) is -0.170. The molecule has 1 aromatic rings. The number of halogens is 1. The number of aromatic amines is 1. The minimum absolute atomic E-state index is 0.0718. The Labute approximate surface area is 116 Å². The molecule has 1 aromatic heterocycles. The predicted octanol–water partition coefficient (Wildman–Crippen LogP) is 0.435. The molecule has 20 heavy (non-hydrogen) atoms. The Kier molecular flexibility index (Phi) is 4.09. The van der Waals surface area contributed by atoms with Crippen molar-refractivity contribution in [3.05, 3.63) is 17.0 Å². The summed E-state index contributed by atoms with van der Waals surface area (Å²) in [5, 5.41) is 9.46. The van der Waals surface area contributed by atoms with Crippen LogP contribution in [0.5, 0.6) is 0 Å². The summed E-state index contributed by atoms with van der Waals surface area (Å²) in [6.45, 7) is 3.76. The van der Waals surface area contributed by atoms with Gasteiger partial charge in [0.05, 0.1) is 0 Å². The highest BCUT2D eigenvalue weighted by Gasteiger charge is 2.29. The summed E-state index contributed by atoms with van der Waals surface area (Å²) in [5.74, 6) is -0.298. The van der Waals surface area contributed by atoms with Gasteiger partial charge in [-0.05, 0) is 26.7 Å². The van der Waals surface area contributed by atoms with E-state index in [9.17, 15) is 17.1 Å². The normalized spacial score (nSPS) is 18.1. The van der Waals surface area contributed by atoms with E-state index in [1.807, 2.05) is 6.92 Å². The molecule has 7 nitrogen and oxygen atoms in total. The van der Waals surface area contributed by atoms with Crippen molar-refractivity contribution in [1.29, 1.82) is 0 Å². The van der Waals surface area contributed by atoms with Crippen LogP contribution in [-0.4, -0.2) is 48.0 Å². The third kappa shape index (κ3) is 3.15. The van der Waals surface area contributed by atoms with E-state index in [0.717, 1.165) is 15.6 Å². The first-order chi connectivity index (χ1) is 9.29. The fraction of sp³-hybridized carbons (Fsp3) is 0.636. The molecule has 0 saturated carbocycles. The predicted molar refractivity (Wildman–Crippen MR) is 70.2 cm³/mol. The fourth-order valence-corrected chi connectivity index (χ4v) is 2.83. The smallest absolute Gasteiger partial charge is 0.348 e. The monoisotopic (exact) mass is 304 g/mol. The van der Waals surface area contributed by atoms with Crippen molar-refractivity contribution < 1.29 is 17.1 Å². The van der Waals surface area contributed by atoms with Crippen LogP contribution < -0.4 is 5.32 Å². The molecular weight excluding hydrogens is 287 g/mol. The van der Waals surface area contributed by atoms with Gasteiger partial charge >= 0.3 is 10.4 Å².